The second-order valence-electron chi connectivity index (χ2n) is 3.25. The van der Waals surface area contributed by atoms with Crippen molar-refractivity contribution in [2.24, 2.45) is 0 Å². The van der Waals surface area contributed by atoms with Crippen LogP contribution < -0.4 is 12.3 Å². The molecule has 0 atom stereocenters. The Morgan fingerprint density at radius 3 is 0.375 bits per heavy atom. The summed E-state index contributed by atoms with van der Waals surface area (Å²) in [5, 5.41) is 45.6. The van der Waals surface area contributed by atoms with Gasteiger partial charge in [0.2, 0.25) is 0 Å². The smallest absolute Gasteiger partial charge is 0.327 e. The quantitative estimate of drug-likeness (QED) is 0.259. The van der Waals surface area contributed by atoms with E-state index in [0.717, 1.165) is 36.5 Å². The van der Waals surface area contributed by atoms with Gasteiger partial charge in [-0.15, -0.1) is 0 Å². The van der Waals surface area contributed by atoms with Crippen LogP contribution in [0.4, 0.5) is 0 Å². The topological polar surface area (TPSA) is 294 Å². The van der Waals surface area contributed by atoms with Gasteiger partial charge in [-0.1, -0.05) is 39.5 Å². The zero-order valence-corrected chi connectivity index (χ0v) is 17.3. The van der Waals surface area contributed by atoms with Crippen molar-refractivity contribution >= 4 is 35.8 Å². The van der Waals surface area contributed by atoms with Gasteiger partial charge >= 0.3 is 35.8 Å². The fourth-order valence-electron chi connectivity index (χ4n) is 0. The minimum absolute atomic E-state index is 0. The highest BCUT2D eigenvalue weighted by Gasteiger charge is 1.75. The molecule has 0 heterocycles. The first-order valence-corrected chi connectivity index (χ1v) is 6.75. The van der Waals surface area contributed by atoms with Gasteiger partial charge in [0.25, 0.3) is 0 Å². The number of carboxylic acids is 6. The summed E-state index contributed by atoms with van der Waals surface area (Å²) >= 11 is 0. The van der Waals surface area contributed by atoms with Crippen LogP contribution in [0, 0.1) is 0 Å². The van der Waals surface area contributed by atoms with E-state index in [0.29, 0.717) is 0 Å². The molecular formula is C18H30N2O12. The molecule has 0 saturated heterocycles. The van der Waals surface area contributed by atoms with E-state index in [1.807, 2.05) is 0 Å². The van der Waals surface area contributed by atoms with E-state index in [9.17, 15) is 28.8 Å². The Kier molecular flexibility index (Phi) is 71.4. The summed E-state index contributed by atoms with van der Waals surface area (Å²) in [6, 6.07) is 0. The summed E-state index contributed by atoms with van der Waals surface area (Å²) in [6.07, 6.45) is 5.00. The van der Waals surface area contributed by atoms with Crippen LogP contribution in [0.25, 0.3) is 0 Å². The first kappa shape index (κ1) is 50.6. The molecule has 12 N–H and O–H groups in total. The third-order valence-corrected chi connectivity index (χ3v) is 1.05. The highest BCUT2D eigenvalue weighted by molar-refractivity contribution is 5.80. The molecule has 14 nitrogen and oxygen atoms in total. The van der Waals surface area contributed by atoms with Crippen molar-refractivity contribution < 1.29 is 59.4 Å². The van der Waals surface area contributed by atoms with Crippen LogP contribution in [-0.2, 0) is 28.8 Å². The van der Waals surface area contributed by atoms with Crippen LogP contribution in [-0.4, -0.2) is 66.5 Å². The molecule has 0 aromatic carbocycles. The van der Waals surface area contributed by atoms with E-state index >= 15 is 0 Å². The average molecular weight is 466 g/mol. The minimum atomic E-state index is -0.981. The van der Waals surface area contributed by atoms with E-state index in [1.54, 1.807) is 0 Å². The lowest BCUT2D eigenvalue weighted by atomic mass is 10.7. The first-order valence-electron chi connectivity index (χ1n) is 6.75. The van der Waals surface area contributed by atoms with E-state index in [-0.39, 0.29) is 12.3 Å². The maximum atomic E-state index is 9.25. The lowest BCUT2D eigenvalue weighted by Gasteiger charge is -1.64. The molecule has 0 spiro atoms. The summed E-state index contributed by atoms with van der Waals surface area (Å²) in [5.74, 6) is -5.89. The summed E-state index contributed by atoms with van der Waals surface area (Å²) in [5.41, 5.74) is 0. The van der Waals surface area contributed by atoms with Gasteiger partial charge in [-0.2, -0.15) is 0 Å². The number of hydrogen-bond donors (Lipinski definition) is 8. The van der Waals surface area contributed by atoms with E-state index in [1.165, 1.54) is 0 Å². The molecule has 0 aromatic heterocycles. The Hall–Kier alpha value is -4.82. The molecule has 0 fully saturated rings. The summed E-state index contributed by atoms with van der Waals surface area (Å²) in [7, 11) is 0. The Morgan fingerprint density at radius 2 is 0.375 bits per heavy atom. The zero-order valence-electron chi connectivity index (χ0n) is 17.3. The van der Waals surface area contributed by atoms with Gasteiger partial charge in [-0.25, -0.2) is 28.8 Å². The van der Waals surface area contributed by atoms with Crippen LogP contribution >= 0.6 is 0 Å². The fraction of sp³-hybridized carbons (Fsp3) is 0. The summed E-state index contributed by atoms with van der Waals surface area (Å²) in [4.78, 5) is 55.5. The monoisotopic (exact) mass is 466 g/mol. The minimum Gasteiger partial charge on any atom is -0.478 e. The maximum absolute atomic E-state index is 9.25. The predicted molar refractivity (Wildman–Crippen MR) is 117 cm³/mol. The van der Waals surface area contributed by atoms with E-state index in [2.05, 4.69) is 39.5 Å². The molecule has 184 valence electrons. The molecule has 14 heteroatoms. The van der Waals surface area contributed by atoms with Crippen LogP contribution in [0.1, 0.15) is 0 Å². The van der Waals surface area contributed by atoms with Crippen LogP contribution in [0.15, 0.2) is 75.9 Å². The van der Waals surface area contributed by atoms with Crippen LogP contribution in [0.3, 0.4) is 0 Å². The average Bonchev–Trinajstić information content (AvgIpc) is 2.69. The molecule has 0 aliphatic carbocycles. The third-order valence-electron chi connectivity index (χ3n) is 1.05. The van der Waals surface area contributed by atoms with Gasteiger partial charge in [0, 0.05) is 36.5 Å². The lowest BCUT2D eigenvalue weighted by molar-refractivity contribution is -0.132. The fourth-order valence-corrected chi connectivity index (χ4v) is 0. The van der Waals surface area contributed by atoms with Gasteiger partial charge in [-0.3, -0.25) is 0 Å². The molecule has 0 aromatic rings. The lowest BCUT2D eigenvalue weighted by Crippen LogP contribution is -1.82. The van der Waals surface area contributed by atoms with Crippen molar-refractivity contribution in [3.05, 3.63) is 75.9 Å². The second-order valence-corrected chi connectivity index (χ2v) is 3.25. The second kappa shape index (κ2) is 45.1. The maximum Gasteiger partial charge on any atom is 0.327 e. The van der Waals surface area contributed by atoms with Crippen molar-refractivity contribution in [3.63, 3.8) is 0 Å². The molecule has 0 saturated carbocycles. The van der Waals surface area contributed by atoms with Gasteiger partial charge in [0.15, 0.2) is 0 Å². The van der Waals surface area contributed by atoms with Gasteiger partial charge in [0.05, 0.1) is 0 Å². The molecule has 0 bridgehead atoms. The highest BCUT2D eigenvalue weighted by Crippen LogP contribution is 1.56. The standard InChI is InChI=1S/6C3H4O2.2H3N/c6*1-2-3(4)5;;/h6*2H,1H2,(H,4,5);2*1H3. The normalized spacial score (nSPS) is 6.00. The SMILES string of the molecule is C=CC(=O)O.C=CC(=O)O.C=CC(=O)O.C=CC(=O)O.C=CC(=O)O.C=CC(=O)O.N.N. The molecule has 0 amide bonds. The van der Waals surface area contributed by atoms with Gasteiger partial charge < -0.3 is 42.9 Å². The molecule has 0 aliphatic heterocycles. The van der Waals surface area contributed by atoms with Crippen molar-refractivity contribution in [2.75, 3.05) is 0 Å². The van der Waals surface area contributed by atoms with E-state index in [4.69, 9.17) is 30.6 Å². The molecule has 0 rings (SSSR count). The molecule has 0 radical (unpaired) electrons. The Balaban J connectivity index is -0.0000000356. The highest BCUT2D eigenvalue weighted by atomic mass is 16.4. The number of aliphatic carboxylic acids is 6. The van der Waals surface area contributed by atoms with Gasteiger partial charge in [0.1, 0.15) is 0 Å². The Morgan fingerprint density at radius 1 is 0.344 bits per heavy atom. The van der Waals surface area contributed by atoms with E-state index < -0.39 is 35.8 Å². The first-order chi connectivity index (χ1) is 13.6. The largest absolute Gasteiger partial charge is 0.478 e. The third kappa shape index (κ3) is 286. The Labute approximate surface area is 184 Å². The Bertz CT molecular complexity index is 486. The summed E-state index contributed by atoms with van der Waals surface area (Å²) < 4.78 is 0. The zero-order chi connectivity index (χ0) is 25.7. The van der Waals surface area contributed by atoms with Crippen LogP contribution in [0.2, 0.25) is 0 Å². The number of carboxylic acid groups (broad SMARTS) is 6. The number of hydrogen-bond acceptors (Lipinski definition) is 8. The van der Waals surface area contributed by atoms with Crippen molar-refractivity contribution in [2.45, 2.75) is 0 Å². The molecule has 0 unspecified atom stereocenters. The molecule has 0 aliphatic rings. The molecule has 32 heavy (non-hydrogen) atoms. The van der Waals surface area contributed by atoms with Gasteiger partial charge in [-0.05, 0) is 0 Å². The summed E-state index contributed by atoms with van der Waals surface area (Å²) in [6.45, 7) is 17.8. The van der Waals surface area contributed by atoms with Crippen LogP contribution in [0.5, 0.6) is 0 Å². The number of rotatable bonds is 6. The molecular weight excluding hydrogens is 436 g/mol. The number of carbonyl (C=O) groups is 6. The predicted octanol–water partition coefficient (Wildman–Crippen LogP) is 1.87. The van der Waals surface area contributed by atoms with Crippen molar-refractivity contribution in [3.8, 4) is 0 Å². The van der Waals surface area contributed by atoms with Crippen molar-refractivity contribution in [1.29, 1.82) is 0 Å². The van der Waals surface area contributed by atoms with Crippen molar-refractivity contribution in [1.82, 2.24) is 12.3 Å².